The Hall–Kier alpha value is -1.44. The topological polar surface area (TPSA) is 85.1 Å². The molecule has 1 fully saturated rings. The van der Waals surface area contributed by atoms with Crippen LogP contribution in [0.5, 0.6) is 0 Å². The number of hydrogen-bond acceptors (Lipinski definition) is 5. The molecule has 8 heteroatoms. The Balaban J connectivity index is 2.02. The number of halogens is 1. The van der Waals surface area contributed by atoms with E-state index < -0.39 is 15.6 Å². The van der Waals surface area contributed by atoms with Crippen LogP contribution in [-0.2, 0) is 15.6 Å². The van der Waals surface area contributed by atoms with Crippen LogP contribution in [0.1, 0.15) is 43.0 Å². The van der Waals surface area contributed by atoms with Crippen molar-refractivity contribution in [2.75, 3.05) is 0 Å². The monoisotopic (exact) mass is 355 g/mol. The average Bonchev–Trinajstić information content (AvgIpc) is 3.11. The van der Waals surface area contributed by atoms with Gasteiger partial charge in [0.1, 0.15) is 0 Å². The second-order valence-corrected chi connectivity index (χ2v) is 7.95. The molecule has 1 aromatic heterocycles. The number of aromatic nitrogens is 2. The minimum absolute atomic E-state index is 0.177. The van der Waals surface area contributed by atoms with Crippen LogP contribution in [0, 0.1) is 13.8 Å². The van der Waals surface area contributed by atoms with E-state index in [1.54, 1.807) is 32.0 Å². The Morgan fingerprint density at radius 1 is 1.26 bits per heavy atom. The molecular weight excluding hydrogens is 338 g/mol. The first-order chi connectivity index (χ1) is 10.8. The summed E-state index contributed by atoms with van der Waals surface area (Å²) >= 11 is 6.06. The molecule has 1 saturated carbocycles. The summed E-state index contributed by atoms with van der Waals surface area (Å²) in [7, 11) is -3.75. The van der Waals surface area contributed by atoms with Gasteiger partial charge in [-0.25, -0.2) is 8.42 Å². The maximum Gasteiger partial charge on any atom is 0.241 e. The zero-order valence-corrected chi connectivity index (χ0v) is 14.5. The molecule has 0 amide bonds. The summed E-state index contributed by atoms with van der Waals surface area (Å²) in [5, 5.41) is 4.37. The minimum Gasteiger partial charge on any atom is -0.340 e. The van der Waals surface area contributed by atoms with Crippen LogP contribution >= 0.6 is 11.6 Å². The molecule has 124 valence electrons. The molecule has 1 N–H and O–H groups in total. The Morgan fingerprint density at radius 2 is 1.96 bits per heavy atom. The molecule has 2 aromatic rings. The second kappa shape index (κ2) is 5.89. The fourth-order valence-corrected chi connectivity index (χ4v) is 4.96. The average molecular weight is 356 g/mol. The van der Waals surface area contributed by atoms with Crippen LogP contribution in [-0.4, -0.2) is 18.6 Å². The molecule has 0 atom stereocenters. The molecular formula is C15H18ClN3O3S. The largest absolute Gasteiger partial charge is 0.340 e. The SMILES string of the molecule is Cc1nc(C2(NS(=O)(=O)c3cccc(Cl)c3C)CCCC2)no1. The maximum absolute atomic E-state index is 12.9. The van der Waals surface area contributed by atoms with E-state index in [1.165, 1.54) is 0 Å². The Bertz CT molecular complexity index is 826. The highest BCUT2D eigenvalue weighted by atomic mass is 35.5. The van der Waals surface area contributed by atoms with Crippen LogP contribution in [0.3, 0.4) is 0 Å². The number of aryl methyl sites for hydroxylation is 1. The van der Waals surface area contributed by atoms with E-state index in [0.717, 1.165) is 12.8 Å². The predicted octanol–water partition coefficient (Wildman–Crippen LogP) is 3.09. The van der Waals surface area contributed by atoms with Gasteiger partial charge >= 0.3 is 0 Å². The second-order valence-electron chi connectivity index (χ2n) is 5.89. The third kappa shape index (κ3) is 3.00. The van der Waals surface area contributed by atoms with E-state index in [4.69, 9.17) is 16.1 Å². The maximum atomic E-state index is 12.9. The molecule has 1 heterocycles. The van der Waals surface area contributed by atoms with Crippen LogP contribution in [0.4, 0.5) is 0 Å². The molecule has 1 aromatic carbocycles. The molecule has 1 aliphatic rings. The number of rotatable bonds is 4. The lowest BCUT2D eigenvalue weighted by atomic mass is 9.98. The standard InChI is InChI=1S/C15H18ClN3O3S/c1-10-12(16)6-5-7-13(10)23(20,21)19-15(8-3-4-9-15)14-17-11(2)22-18-14/h5-7,19H,3-4,8-9H2,1-2H3. The molecule has 0 unspecified atom stereocenters. The van der Waals surface area contributed by atoms with Gasteiger partial charge in [-0.1, -0.05) is 35.7 Å². The van der Waals surface area contributed by atoms with E-state index in [2.05, 4.69) is 14.9 Å². The summed E-state index contributed by atoms with van der Waals surface area (Å²) in [6, 6.07) is 4.85. The Kier molecular flexibility index (Phi) is 4.20. The van der Waals surface area contributed by atoms with Gasteiger partial charge in [-0.3, -0.25) is 0 Å². The summed E-state index contributed by atoms with van der Waals surface area (Å²) in [4.78, 5) is 4.43. The van der Waals surface area contributed by atoms with Crippen molar-refractivity contribution in [2.24, 2.45) is 0 Å². The Morgan fingerprint density at radius 3 is 2.57 bits per heavy atom. The van der Waals surface area contributed by atoms with Gasteiger partial charge in [-0.05, 0) is 37.5 Å². The molecule has 23 heavy (non-hydrogen) atoms. The van der Waals surface area contributed by atoms with Gasteiger partial charge in [0.25, 0.3) is 0 Å². The zero-order valence-electron chi connectivity index (χ0n) is 13.0. The molecule has 0 spiro atoms. The smallest absolute Gasteiger partial charge is 0.241 e. The van der Waals surface area contributed by atoms with E-state index >= 15 is 0 Å². The predicted molar refractivity (Wildman–Crippen MR) is 85.7 cm³/mol. The first-order valence-electron chi connectivity index (χ1n) is 7.44. The van der Waals surface area contributed by atoms with Crippen LogP contribution in [0.15, 0.2) is 27.6 Å². The summed E-state index contributed by atoms with van der Waals surface area (Å²) in [6.07, 6.45) is 3.10. The fraction of sp³-hybridized carbons (Fsp3) is 0.467. The first kappa shape index (κ1) is 16.4. The Labute approximate surface area is 140 Å². The van der Waals surface area contributed by atoms with Gasteiger partial charge in [-0.15, -0.1) is 0 Å². The lowest BCUT2D eigenvalue weighted by Crippen LogP contribution is -2.44. The van der Waals surface area contributed by atoms with Gasteiger partial charge < -0.3 is 4.52 Å². The molecule has 0 saturated heterocycles. The minimum atomic E-state index is -3.75. The normalized spacial score (nSPS) is 17.5. The molecule has 3 rings (SSSR count). The van der Waals surface area contributed by atoms with Crippen molar-refractivity contribution in [3.63, 3.8) is 0 Å². The van der Waals surface area contributed by atoms with Crippen LogP contribution < -0.4 is 4.72 Å². The van der Waals surface area contributed by atoms with Gasteiger partial charge in [0, 0.05) is 11.9 Å². The van der Waals surface area contributed by atoms with Gasteiger partial charge in [0.2, 0.25) is 15.9 Å². The summed E-state index contributed by atoms with van der Waals surface area (Å²) in [6.45, 7) is 3.38. The highest BCUT2D eigenvalue weighted by Gasteiger charge is 2.43. The molecule has 0 aliphatic heterocycles. The van der Waals surface area contributed by atoms with Crippen molar-refractivity contribution in [1.82, 2.24) is 14.9 Å². The summed E-state index contributed by atoms with van der Waals surface area (Å²) in [5.74, 6) is 0.820. The lowest BCUT2D eigenvalue weighted by Gasteiger charge is -2.26. The van der Waals surface area contributed by atoms with E-state index in [1.807, 2.05) is 0 Å². The van der Waals surface area contributed by atoms with Gasteiger partial charge in [0.05, 0.1) is 10.4 Å². The highest BCUT2D eigenvalue weighted by Crippen LogP contribution is 2.39. The number of benzene rings is 1. The van der Waals surface area contributed by atoms with Crippen molar-refractivity contribution in [3.05, 3.63) is 40.5 Å². The third-order valence-electron chi connectivity index (χ3n) is 4.25. The van der Waals surface area contributed by atoms with Crippen LogP contribution in [0.25, 0.3) is 0 Å². The van der Waals surface area contributed by atoms with Crippen LogP contribution in [0.2, 0.25) is 5.02 Å². The summed E-state index contributed by atoms with van der Waals surface area (Å²) < 4.78 is 33.6. The number of nitrogens with zero attached hydrogens (tertiary/aromatic N) is 2. The summed E-state index contributed by atoms with van der Waals surface area (Å²) in [5.41, 5.74) is -0.287. The zero-order chi connectivity index (χ0) is 16.7. The van der Waals surface area contributed by atoms with E-state index in [9.17, 15) is 8.42 Å². The van der Waals surface area contributed by atoms with Gasteiger partial charge in [0.15, 0.2) is 5.82 Å². The molecule has 1 aliphatic carbocycles. The quantitative estimate of drug-likeness (QED) is 0.910. The van der Waals surface area contributed by atoms with Crippen molar-refractivity contribution in [1.29, 1.82) is 0 Å². The van der Waals surface area contributed by atoms with E-state index in [0.29, 0.717) is 35.1 Å². The van der Waals surface area contributed by atoms with Gasteiger partial charge in [-0.2, -0.15) is 9.71 Å². The van der Waals surface area contributed by atoms with Crippen molar-refractivity contribution in [2.45, 2.75) is 50.0 Å². The van der Waals surface area contributed by atoms with E-state index in [-0.39, 0.29) is 4.90 Å². The third-order valence-corrected chi connectivity index (χ3v) is 6.34. The van der Waals surface area contributed by atoms with Crippen molar-refractivity contribution < 1.29 is 12.9 Å². The first-order valence-corrected chi connectivity index (χ1v) is 9.30. The lowest BCUT2D eigenvalue weighted by molar-refractivity contribution is 0.338. The highest BCUT2D eigenvalue weighted by molar-refractivity contribution is 7.89. The molecule has 6 nitrogen and oxygen atoms in total. The molecule has 0 radical (unpaired) electrons. The number of hydrogen-bond donors (Lipinski definition) is 1. The fourth-order valence-electron chi connectivity index (χ4n) is 3.03. The number of sulfonamides is 1. The van der Waals surface area contributed by atoms with Crippen molar-refractivity contribution in [3.8, 4) is 0 Å². The number of nitrogens with one attached hydrogen (secondary N) is 1. The molecule has 0 bridgehead atoms. The van der Waals surface area contributed by atoms with Crippen molar-refractivity contribution >= 4 is 21.6 Å².